The van der Waals surface area contributed by atoms with E-state index < -0.39 is 22.8 Å². The molecule has 18 heavy (non-hydrogen) atoms. The first kappa shape index (κ1) is 17.1. The molecule has 1 atom stereocenters. The third-order valence-corrected chi connectivity index (χ3v) is 2.60. The highest BCUT2D eigenvalue weighted by molar-refractivity contribution is 7.79. The van der Waals surface area contributed by atoms with Gasteiger partial charge in [-0.25, -0.2) is 0 Å². The molecule has 1 aromatic carbocycles. The molecule has 0 heterocycles. The van der Waals surface area contributed by atoms with Gasteiger partial charge in [0.1, 0.15) is 0 Å². The third-order valence-electron chi connectivity index (χ3n) is 1.96. The fourth-order valence-corrected chi connectivity index (χ4v) is 1.44. The van der Waals surface area contributed by atoms with Crippen molar-refractivity contribution in [3.05, 3.63) is 29.8 Å². The average molecular weight is 283 g/mol. The van der Waals surface area contributed by atoms with Crippen molar-refractivity contribution in [3.8, 4) is 0 Å². The molecular weight excluding hydrogens is 267 g/mol. The van der Waals surface area contributed by atoms with Gasteiger partial charge < -0.3 is 10.3 Å². The van der Waals surface area contributed by atoms with Crippen molar-refractivity contribution < 1.29 is 27.7 Å². The van der Waals surface area contributed by atoms with Gasteiger partial charge >= 0.3 is 6.18 Å². The van der Waals surface area contributed by atoms with Crippen LogP contribution in [0.2, 0.25) is 0 Å². The minimum absolute atomic E-state index is 0.366. The van der Waals surface area contributed by atoms with E-state index in [2.05, 4.69) is 12.7 Å². The number of rotatable bonds is 3. The van der Waals surface area contributed by atoms with E-state index >= 15 is 0 Å². The molecule has 0 bridgehead atoms. The van der Waals surface area contributed by atoms with E-state index in [9.17, 15) is 21.9 Å². The Hall–Kier alpha value is -0.920. The maximum Gasteiger partial charge on any atom is 0.416 e. The highest BCUT2D eigenvalue weighted by atomic mass is 32.2. The number of halogens is 3. The first-order valence-corrected chi connectivity index (χ1v) is 6.46. The second kappa shape index (κ2) is 8.23. The Labute approximate surface area is 106 Å². The van der Waals surface area contributed by atoms with Crippen LogP contribution in [-0.4, -0.2) is 15.3 Å². The van der Waals surface area contributed by atoms with Gasteiger partial charge in [0.05, 0.1) is 12.1 Å². The van der Waals surface area contributed by atoms with Gasteiger partial charge in [0.25, 0.3) is 0 Å². The van der Waals surface area contributed by atoms with Crippen LogP contribution in [0.1, 0.15) is 25.3 Å². The van der Waals surface area contributed by atoms with Crippen molar-refractivity contribution in [2.24, 2.45) is 0 Å². The SMILES string of the molecule is CCCC[NH3+].O=S([O-])c1cccc(C(F)(F)F)c1. The minimum Gasteiger partial charge on any atom is -0.768 e. The molecule has 104 valence electrons. The molecule has 3 N–H and O–H groups in total. The lowest BCUT2D eigenvalue weighted by Gasteiger charge is -2.09. The summed E-state index contributed by atoms with van der Waals surface area (Å²) >= 11 is -2.62. The van der Waals surface area contributed by atoms with Gasteiger partial charge in [-0.05, 0) is 35.7 Å². The van der Waals surface area contributed by atoms with Crippen molar-refractivity contribution >= 4 is 11.1 Å². The van der Waals surface area contributed by atoms with E-state index in [4.69, 9.17) is 0 Å². The maximum atomic E-state index is 12.0. The average Bonchev–Trinajstić information content (AvgIpc) is 2.30. The molecule has 7 heteroatoms. The Bertz CT molecular complexity index is 381. The minimum atomic E-state index is -4.50. The normalized spacial score (nSPS) is 12.6. The zero-order valence-electron chi connectivity index (χ0n) is 10.00. The van der Waals surface area contributed by atoms with Crippen molar-refractivity contribution in [2.45, 2.75) is 30.8 Å². The fraction of sp³-hybridized carbons (Fsp3) is 0.455. The van der Waals surface area contributed by atoms with Crippen molar-refractivity contribution in [1.82, 2.24) is 0 Å². The zero-order chi connectivity index (χ0) is 14.2. The summed E-state index contributed by atoms with van der Waals surface area (Å²) in [6, 6.07) is 3.55. The summed E-state index contributed by atoms with van der Waals surface area (Å²) in [5, 5.41) is 0. The van der Waals surface area contributed by atoms with Crippen LogP contribution in [0.4, 0.5) is 13.2 Å². The molecule has 1 rings (SSSR count). The highest BCUT2D eigenvalue weighted by Crippen LogP contribution is 2.29. The first-order valence-electron chi connectivity index (χ1n) is 5.38. The lowest BCUT2D eigenvalue weighted by atomic mass is 10.2. The number of alkyl halides is 3. The molecule has 1 unspecified atom stereocenters. The smallest absolute Gasteiger partial charge is 0.416 e. The van der Waals surface area contributed by atoms with Crippen LogP contribution in [0.3, 0.4) is 0 Å². The number of quaternary nitrogens is 1. The van der Waals surface area contributed by atoms with Crippen LogP contribution >= 0.6 is 0 Å². The maximum absolute atomic E-state index is 12.0. The Morgan fingerprint density at radius 2 is 2.00 bits per heavy atom. The van der Waals surface area contributed by atoms with E-state index in [1.165, 1.54) is 12.8 Å². The molecule has 0 radical (unpaired) electrons. The van der Waals surface area contributed by atoms with Crippen molar-refractivity contribution in [1.29, 1.82) is 0 Å². The summed E-state index contributed by atoms with van der Waals surface area (Å²) in [5.74, 6) is 0. The fourth-order valence-electron chi connectivity index (χ4n) is 1.03. The summed E-state index contributed by atoms with van der Waals surface area (Å²) in [4.78, 5) is -0.366. The number of hydrogen-bond acceptors (Lipinski definition) is 2. The third kappa shape index (κ3) is 6.73. The predicted octanol–water partition coefficient (Wildman–Crippen LogP) is 1.97. The Morgan fingerprint density at radius 3 is 2.33 bits per heavy atom. The van der Waals surface area contributed by atoms with Gasteiger partial charge in [0, 0.05) is 4.90 Å². The first-order chi connectivity index (χ1) is 8.32. The van der Waals surface area contributed by atoms with E-state index in [0.29, 0.717) is 6.07 Å². The van der Waals surface area contributed by atoms with E-state index in [1.54, 1.807) is 0 Å². The Balaban J connectivity index is 0.000000494. The molecule has 0 aliphatic rings. The van der Waals surface area contributed by atoms with E-state index in [1.807, 2.05) is 0 Å². The summed E-state index contributed by atoms with van der Waals surface area (Å²) in [6.45, 7) is 3.27. The second-order valence-corrected chi connectivity index (χ2v) is 4.41. The molecule has 0 spiro atoms. The zero-order valence-corrected chi connectivity index (χ0v) is 10.8. The molecular formula is C11H16F3NO2S. The predicted molar refractivity (Wildman–Crippen MR) is 61.3 cm³/mol. The van der Waals surface area contributed by atoms with E-state index in [0.717, 1.165) is 24.7 Å². The lowest BCUT2D eigenvalue weighted by Crippen LogP contribution is -2.49. The molecule has 0 fully saturated rings. The Morgan fingerprint density at radius 1 is 1.39 bits per heavy atom. The van der Waals surface area contributed by atoms with Crippen LogP contribution in [0, 0.1) is 0 Å². The monoisotopic (exact) mass is 283 g/mol. The van der Waals surface area contributed by atoms with Gasteiger partial charge in [-0.3, -0.25) is 4.21 Å². The lowest BCUT2D eigenvalue weighted by molar-refractivity contribution is -0.368. The number of unbranched alkanes of at least 4 members (excludes halogenated alkanes) is 1. The van der Waals surface area contributed by atoms with Crippen molar-refractivity contribution in [2.75, 3.05) is 6.54 Å². The van der Waals surface area contributed by atoms with Gasteiger partial charge in [-0.2, -0.15) is 13.2 Å². The highest BCUT2D eigenvalue weighted by Gasteiger charge is 2.30. The van der Waals surface area contributed by atoms with Gasteiger partial charge in [0.2, 0.25) is 0 Å². The molecule has 0 saturated heterocycles. The summed E-state index contributed by atoms with van der Waals surface area (Å²) in [5.41, 5.74) is 2.71. The van der Waals surface area contributed by atoms with Crippen LogP contribution < -0.4 is 5.73 Å². The largest absolute Gasteiger partial charge is 0.768 e. The second-order valence-electron chi connectivity index (χ2n) is 3.47. The van der Waals surface area contributed by atoms with Gasteiger partial charge in [0.15, 0.2) is 0 Å². The summed E-state index contributed by atoms with van der Waals surface area (Å²) in [7, 11) is 0. The molecule has 0 amide bonds. The summed E-state index contributed by atoms with van der Waals surface area (Å²) < 4.78 is 56.7. The van der Waals surface area contributed by atoms with Crippen molar-refractivity contribution in [3.63, 3.8) is 0 Å². The molecule has 0 aromatic heterocycles. The van der Waals surface area contributed by atoms with Gasteiger partial charge in [-0.1, -0.05) is 19.4 Å². The molecule has 0 aliphatic carbocycles. The number of benzene rings is 1. The quantitative estimate of drug-likeness (QED) is 0.862. The summed E-state index contributed by atoms with van der Waals surface area (Å²) in [6.07, 6.45) is -1.95. The molecule has 0 saturated carbocycles. The number of hydrogen-bond donors (Lipinski definition) is 1. The van der Waals surface area contributed by atoms with Crippen LogP contribution in [0.25, 0.3) is 0 Å². The topological polar surface area (TPSA) is 67.8 Å². The van der Waals surface area contributed by atoms with Crippen LogP contribution in [0.15, 0.2) is 29.2 Å². The van der Waals surface area contributed by atoms with Crippen LogP contribution in [-0.2, 0) is 17.3 Å². The standard InChI is InChI=1S/C7H5F3O2S.C4H11N/c8-7(9,10)5-2-1-3-6(4-5)13(11)12;1-2-3-4-5/h1-4H,(H,11,12);2-5H2,1H3. The van der Waals surface area contributed by atoms with E-state index in [-0.39, 0.29) is 4.90 Å². The molecule has 0 aliphatic heterocycles. The molecule has 3 nitrogen and oxygen atoms in total. The Kier molecular flexibility index (Phi) is 7.81. The van der Waals surface area contributed by atoms with Crippen LogP contribution in [0.5, 0.6) is 0 Å². The molecule has 1 aromatic rings. The van der Waals surface area contributed by atoms with Gasteiger partial charge in [-0.15, -0.1) is 0 Å².